The van der Waals surface area contributed by atoms with E-state index >= 15 is 0 Å². The van der Waals surface area contributed by atoms with E-state index in [0.717, 1.165) is 33.8 Å². The Hall–Kier alpha value is -3.13. The van der Waals surface area contributed by atoms with Gasteiger partial charge < -0.3 is 29.2 Å². The van der Waals surface area contributed by atoms with Gasteiger partial charge >= 0.3 is 0 Å². The molecule has 192 valence electrons. The van der Waals surface area contributed by atoms with Gasteiger partial charge in [0.15, 0.2) is 5.72 Å². The van der Waals surface area contributed by atoms with Crippen LogP contribution >= 0.6 is 0 Å². The molecule has 4 aromatic rings. The van der Waals surface area contributed by atoms with Crippen LogP contribution in [0.2, 0.25) is 0 Å². The molecule has 37 heavy (non-hydrogen) atoms. The van der Waals surface area contributed by atoms with E-state index in [9.17, 15) is 4.79 Å². The van der Waals surface area contributed by atoms with Gasteiger partial charge in [0.05, 0.1) is 17.0 Å². The Labute approximate surface area is 216 Å². The number of carbonyl (C=O) groups excluding carboxylic acids is 1. The van der Waals surface area contributed by atoms with Crippen molar-refractivity contribution in [2.45, 2.75) is 56.2 Å². The first kappa shape index (κ1) is 23.0. The van der Waals surface area contributed by atoms with Crippen molar-refractivity contribution in [2.75, 3.05) is 20.7 Å². The maximum atomic E-state index is 13.5. The molecule has 2 saturated heterocycles. The Morgan fingerprint density at radius 2 is 1.76 bits per heavy atom. The molecule has 3 aliphatic heterocycles. The number of fused-ring (bicyclic) bond motifs is 17. The van der Waals surface area contributed by atoms with Crippen LogP contribution < -0.4 is 10.6 Å². The summed E-state index contributed by atoms with van der Waals surface area (Å²) in [7, 11) is 3.79. The monoisotopic (exact) mass is 498 g/mol. The predicted molar refractivity (Wildman–Crippen MR) is 144 cm³/mol. The zero-order chi connectivity index (χ0) is 25.5. The number of hydrogen-bond donors (Lipinski definition) is 2. The van der Waals surface area contributed by atoms with E-state index in [1.54, 1.807) is 7.11 Å². The van der Waals surface area contributed by atoms with Crippen LogP contribution in [0.25, 0.3) is 21.8 Å². The van der Waals surface area contributed by atoms with Gasteiger partial charge in [0.2, 0.25) is 5.91 Å². The molecule has 3 aliphatic rings. The van der Waals surface area contributed by atoms with E-state index in [-0.39, 0.29) is 42.0 Å². The zero-order valence-electron chi connectivity index (χ0n) is 21.8. The van der Waals surface area contributed by atoms with Crippen LogP contribution in [0.4, 0.5) is 0 Å². The third-order valence-corrected chi connectivity index (χ3v) is 9.17. The molecule has 7 rings (SSSR count). The SMILES string of the molecule is CNC1CC(C)C2OC(C)(C1OC)n1cc(c3ccccc31)C1CNC(=O)C1c1cn2c2ccccc12. The van der Waals surface area contributed by atoms with Crippen molar-refractivity contribution in [3.63, 3.8) is 0 Å². The summed E-state index contributed by atoms with van der Waals surface area (Å²) in [5.41, 5.74) is 3.63. The van der Waals surface area contributed by atoms with Crippen molar-refractivity contribution in [1.82, 2.24) is 19.8 Å². The largest absolute Gasteiger partial charge is 0.375 e. The molecule has 2 aromatic heterocycles. The van der Waals surface area contributed by atoms with Gasteiger partial charge in [-0.3, -0.25) is 4.79 Å². The topological polar surface area (TPSA) is 69.5 Å². The Kier molecular flexibility index (Phi) is 5.09. The highest BCUT2D eigenvalue weighted by Crippen LogP contribution is 2.49. The van der Waals surface area contributed by atoms with Gasteiger partial charge in [0.1, 0.15) is 12.3 Å². The number of para-hydroxylation sites is 2. The smallest absolute Gasteiger partial charge is 0.228 e. The molecule has 0 spiro atoms. The summed E-state index contributed by atoms with van der Waals surface area (Å²) in [5, 5.41) is 9.02. The average molecular weight is 499 g/mol. The Morgan fingerprint density at radius 1 is 1.05 bits per heavy atom. The molecule has 7 unspecified atom stereocenters. The average Bonchev–Trinajstić information content (AvgIpc) is 3.57. The predicted octanol–water partition coefficient (Wildman–Crippen LogP) is 4.44. The number of ether oxygens (including phenoxy) is 2. The number of hydrogen-bond acceptors (Lipinski definition) is 4. The normalized spacial score (nSPS) is 33.1. The fraction of sp³-hybridized carbons (Fsp3) is 0.433. The highest BCUT2D eigenvalue weighted by atomic mass is 16.6. The van der Waals surface area contributed by atoms with Crippen LogP contribution in [0, 0.1) is 5.92 Å². The summed E-state index contributed by atoms with van der Waals surface area (Å²) in [6.07, 6.45) is 4.82. The highest BCUT2D eigenvalue weighted by molar-refractivity contribution is 5.96. The Balaban J connectivity index is 1.61. The molecular weight excluding hydrogens is 464 g/mol. The lowest BCUT2D eigenvalue weighted by Crippen LogP contribution is -2.54. The lowest BCUT2D eigenvalue weighted by molar-refractivity contribution is -0.221. The van der Waals surface area contributed by atoms with Crippen molar-refractivity contribution in [3.8, 4) is 0 Å². The summed E-state index contributed by atoms with van der Waals surface area (Å²) in [6, 6.07) is 17.0. The van der Waals surface area contributed by atoms with E-state index in [4.69, 9.17) is 9.47 Å². The van der Waals surface area contributed by atoms with E-state index in [1.165, 1.54) is 5.56 Å². The number of nitrogens with zero attached hydrogens (tertiary/aromatic N) is 2. The fourth-order valence-corrected chi connectivity index (χ4v) is 7.45. The first-order chi connectivity index (χ1) is 18.0. The molecular formula is C30H34N4O3. The lowest BCUT2D eigenvalue weighted by atomic mass is 9.83. The quantitative estimate of drug-likeness (QED) is 0.429. The number of nitrogens with one attached hydrogen (secondary N) is 2. The number of likely N-dealkylation sites (N-methyl/N-ethyl adjacent to an activating group) is 1. The maximum Gasteiger partial charge on any atom is 0.228 e. The zero-order valence-corrected chi connectivity index (χ0v) is 21.8. The van der Waals surface area contributed by atoms with E-state index in [1.807, 2.05) is 7.05 Å². The number of amides is 1. The summed E-state index contributed by atoms with van der Waals surface area (Å²) >= 11 is 0. The number of carbonyl (C=O) groups is 1. The molecule has 5 heterocycles. The van der Waals surface area contributed by atoms with Crippen molar-refractivity contribution in [3.05, 3.63) is 72.1 Å². The van der Waals surface area contributed by atoms with Gasteiger partial charge in [0.25, 0.3) is 0 Å². The van der Waals surface area contributed by atoms with E-state index in [0.29, 0.717) is 6.54 Å². The summed E-state index contributed by atoms with van der Waals surface area (Å²) in [6.45, 7) is 5.03. The number of methoxy groups -OCH3 is 1. The third kappa shape index (κ3) is 3.08. The van der Waals surface area contributed by atoms with Gasteiger partial charge in [-0.15, -0.1) is 0 Å². The van der Waals surface area contributed by atoms with Crippen LogP contribution in [0.3, 0.4) is 0 Å². The van der Waals surface area contributed by atoms with Crippen LogP contribution in [-0.2, 0) is 20.0 Å². The third-order valence-electron chi connectivity index (χ3n) is 9.17. The maximum absolute atomic E-state index is 13.5. The first-order valence-electron chi connectivity index (χ1n) is 13.3. The molecule has 6 bridgehead atoms. The lowest BCUT2D eigenvalue weighted by Gasteiger charge is -2.41. The number of aromatic nitrogens is 2. The first-order valence-corrected chi connectivity index (χ1v) is 13.3. The van der Waals surface area contributed by atoms with E-state index < -0.39 is 5.72 Å². The molecule has 2 aromatic carbocycles. The summed E-state index contributed by atoms with van der Waals surface area (Å²) in [4.78, 5) is 13.5. The van der Waals surface area contributed by atoms with Gasteiger partial charge in [-0.25, -0.2) is 0 Å². The van der Waals surface area contributed by atoms with Gasteiger partial charge in [-0.05, 0) is 43.7 Å². The molecule has 0 aliphatic carbocycles. The van der Waals surface area contributed by atoms with Crippen LogP contribution in [0.5, 0.6) is 0 Å². The minimum Gasteiger partial charge on any atom is -0.375 e. The summed E-state index contributed by atoms with van der Waals surface area (Å²) in [5.74, 6) is 0.0299. The second-order valence-corrected chi connectivity index (χ2v) is 11.1. The molecule has 2 N–H and O–H groups in total. The molecule has 7 atom stereocenters. The molecule has 2 fully saturated rings. The summed E-state index contributed by atoms with van der Waals surface area (Å²) < 4.78 is 18.1. The highest BCUT2D eigenvalue weighted by Gasteiger charge is 2.51. The Bertz CT molecular complexity index is 1520. The van der Waals surface area contributed by atoms with Crippen LogP contribution in [0.15, 0.2) is 60.9 Å². The molecule has 1 amide bonds. The van der Waals surface area contributed by atoms with Crippen molar-refractivity contribution in [2.24, 2.45) is 5.92 Å². The van der Waals surface area contributed by atoms with Crippen molar-refractivity contribution < 1.29 is 14.3 Å². The molecule has 0 radical (unpaired) electrons. The molecule has 7 nitrogen and oxygen atoms in total. The van der Waals surface area contributed by atoms with Crippen molar-refractivity contribution in [1.29, 1.82) is 0 Å². The minimum absolute atomic E-state index is 0.0140. The molecule has 7 heteroatoms. The van der Waals surface area contributed by atoms with Crippen LogP contribution in [-0.4, -0.2) is 47.9 Å². The van der Waals surface area contributed by atoms with Crippen molar-refractivity contribution >= 4 is 27.7 Å². The van der Waals surface area contributed by atoms with E-state index in [2.05, 4.69) is 94.5 Å². The van der Waals surface area contributed by atoms with Crippen LogP contribution in [0.1, 0.15) is 49.5 Å². The fourth-order valence-electron chi connectivity index (χ4n) is 7.45. The second-order valence-electron chi connectivity index (χ2n) is 11.1. The Morgan fingerprint density at radius 3 is 2.49 bits per heavy atom. The minimum atomic E-state index is -0.808. The number of benzene rings is 2. The standard InChI is InChI=1S/C30H34N4O3/c1-17-13-23(31-3)27(36-4)30(2)34-16-21(18-9-6-8-12-25(18)34)20-14-32-28(35)26(20)22-15-33(29(17)37-30)24-11-7-5-10-19(22)24/h5-12,15-17,20,23,26-27,29,31H,13-14H2,1-4H3,(H,32,35). The molecule has 0 saturated carbocycles. The second kappa shape index (κ2) is 8.18. The van der Waals surface area contributed by atoms with Gasteiger partial charge in [-0.2, -0.15) is 0 Å². The van der Waals surface area contributed by atoms with Gasteiger partial charge in [0, 0.05) is 54.7 Å². The number of rotatable bonds is 2. The van der Waals surface area contributed by atoms with Gasteiger partial charge in [-0.1, -0.05) is 43.3 Å².